The van der Waals surface area contributed by atoms with Gasteiger partial charge in [0.1, 0.15) is 17.1 Å². The minimum Gasteiger partial charge on any atom is -0.497 e. The van der Waals surface area contributed by atoms with Gasteiger partial charge in [-0.2, -0.15) is 5.10 Å². The van der Waals surface area contributed by atoms with E-state index in [0.29, 0.717) is 6.54 Å². The van der Waals surface area contributed by atoms with Crippen LogP contribution < -0.4 is 15.4 Å². The zero-order valence-electron chi connectivity index (χ0n) is 19.1. The zero-order valence-corrected chi connectivity index (χ0v) is 21.3. The van der Waals surface area contributed by atoms with E-state index in [2.05, 4.69) is 63.9 Å². The summed E-state index contributed by atoms with van der Waals surface area (Å²) in [6.45, 7) is 2.51. The number of rotatable bonds is 4. The highest BCUT2D eigenvalue weighted by molar-refractivity contribution is 14.1. The van der Waals surface area contributed by atoms with E-state index in [-0.39, 0.29) is 11.5 Å². The molecule has 2 aromatic heterocycles. The summed E-state index contributed by atoms with van der Waals surface area (Å²) in [5, 5.41) is 4.72. The second-order valence-electron chi connectivity index (χ2n) is 9.40. The first kappa shape index (κ1) is 21.8. The van der Waals surface area contributed by atoms with E-state index in [9.17, 15) is 0 Å². The third kappa shape index (κ3) is 3.63. The van der Waals surface area contributed by atoms with E-state index in [0.717, 1.165) is 64.3 Å². The Kier molecular flexibility index (Phi) is 5.44. The van der Waals surface area contributed by atoms with Crippen molar-refractivity contribution in [2.45, 2.75) is 31.8 Å². The van der Waals surface area contributed by atoms with E-state index < -0.39 is 0 Å². The lowest BCUT2D eigenvalue weighted by atomic mass is 9.73. The third-order valence-electron chi connectivity index (χ3n) is 7.56. The number of ether oxygens (including phenoxy) is 1. The first-order valence-electron chi connectivity index (χ1n) is 11.7. The second-order valence-corrected chi connectivity index (χ2v) is 10.4. The van der Waals surface area contributed by atoms with Crippen molar-refractivity contribution >= 4 is 39.6 Å². The van der Waals surface area contributed by atoms with Gasteiger partial charge in [-0.3, -0.25) is 0 Å². The summed E-state index contributed by atoms with van der Waals surface area (Å²) in [5.74, 6) is 1.76. The molecule has 1 spiro atoms. The SMILES string of the molecule is COc1ccc(Cn2nc(I)c3ncc(N4CCC5(CC4)Cc4ccccc4[C@H]5N)nc32)cc1. The highest BCUT2D eigenvalue weighted by Gasteiger charge is 2.45. The Morgan fingerprint density at radius 3 is 2.62 bits per heavy atom. The van der Waals surface area contributed by atoms with E-state index in [1.807, 2.05) is 23.0 Å². The monoisotopic (exact) mass is 566 g/mol. The van der Waals surface area contributed by atoms with Gasteiger partial charge in [0.25, 0.3) is 0 Å². The normalized spacial score (nSPS) is 19.0. The Balaban J connectivity index is 1.23. The van der Waals surface area contributed by atoms with Crippen molar-refractivity contribution in [1.29, 1.82) is 0 Å². The molecule has 1 saturated heterocycles. The second kappa shape index (κ2) is 8.49. The minimum atomic E-state index is 0.118. The van der Waals surface area contributed by atoms with Crippen molar-refractivity contribution < 1.29 is 4.74 Å². The molecule has 2 N–H and O–H groups in total. The van der Waals surface area contributed by atoms with Crippen LogP contribution in [0.1, 0.15) is 35.6 Å². The molecule has 8 heteroatoms. The molecular weight excluding hydrogens is 539 g/mol. The van der Waals surface area contributed by atoms with E-state index in [1.165, 1.54) is 11.1 Å². The highest BCUT2D eigenvalue weighted by atomic mass is 127. The van der Waals surface area contributed by atoms with E-state index >= 15 is 0 Å². The number of nitrogens with zero attached hydrogens (tertiary/aromatic N) is 5. The molecule has 2 aromatic carbocycles. The number of aromatic nitrogens is 4. The summed E-state index contributed by atoms with van der Waals surface area (Å²) in [5.41, 5.74) is 12.5. The lowest BCUT2D eigenvalue weighted by molar-refractivity contribution is 0.187. The van der Waals surface area contributed by atoms with Crippen molar-refractivity contribution in [3.8, 4) is 5.75 Å². The maximum Gasteiger partial charge on any atom is 0.180 e. The molecule has 34 heavy (non-hydrogen) atoms. The van der Waals surface area contributed by atoms with Gasteiger partial charge in [-0.1, -0.05) is 36.4 Å². The third-order valence-corrected chi connectivity index (χ3v) is 8.28. The summed E-state index contributed by atoms with van der Waals surface area (Å²) in [7, 11) is 1.68. The van der Waals surface area contributed by atoms with Crippen LogP contribution in [0.4, 0.5) is 5.82 Å². The van der Waals surface area contributed by atoms with Crippen molar-refractivity contribution in [3.63, 3.8) is 0 Å². The number of hydrogen-bond acceptors (Lipinski definition) is 6. The maximum atomic E-state index is 6.76. The zero-order chi connectivity index (χ0) is 23.3. The molecule has 0 amide bonds. The fraction of sp³-hybridized carbons (Fsp3) is 0.346. The number of benzene rings is 2. The van der Waals surface area contributed by atoms with Crippen LogP contribution in [0.25, 0.3) is 11.2 Å². The van der Waals surface area contributed by atoms with Gasteiger partial charge in [0.05, 0.1) is 19.9 Å². The highest BCUT2D eigenvalue weighted by Crippen LogP contribution is 2.50. The Morgan fingerprint density at radius 1 is 1.12 bits per heavy atom. The first-order valence-corrected chi connectivity index (χ1v) is 12.7. The van der Waals surface area contributed by atoms with Crippen LogP contribution in [0.5, 0.6) is 5.75 Å². The number of piperidine rings is 1. The Hall–Kier alpha value is -2.72. The molecular formula is C26H27IN6O. The predicted octanol–water partition coefficient (Wildman–Crippen LogP) is 4.33. The molecule has 7 nitrogen and oxygen atoms in total. The molecule has 1 aliphatic heterocycles. The molecule has 6 rings (SSSR count). The number of methoxy groups -OCH3 is 1. The topological polar surface area (TPSA) is 82.1 Å². The maximum absolute atomic E-state index is 6.76. The molecule has 0 unspecified atom stereocenters. The smallest absolute Gasteiger partial charge is 0.180 e. The number of nitrogens with two attached hydrogens (primary N) is 1. The molecule has 174 valence electrons. The van der Waals surface area contributed by atoms with Crippen LogP contribution in [0.15, 0.2) is 54.7 Å². The lowest BCUT2D eigenvalue weighted by Crippen LogP contribution is -2.44. The van der Waals surface area contributed by atoms with Gasteiger partial charge in [-0.15, -0.1) is 0 Å². The van der Waals surface area contributed by atoms with Gasteiger partial charge in [0.15, 0.2) is 9.35 Å². The first-order chi connectivity index (χ1) is 16.6. The standard InChI is InChI=1S/C26H27IN6O/c1-34-19-8-6-17(7-9-19)16-33-25-22(24(27)31-33)29-15-21(30-25)32-12-10-26(11-13-32)14-18-4-2-3-5-20(18)23(26)28/h2-9,15,23H,10-14,16,28H2,1H3/t23-/m1/s1. The molecule has 4 aromatic rings. The fourth-order valence-corrected chi connectivity index (χ4v) is 6.19. The fourth-order valence-electron chi connectivity index (χ4n) is 5.55. The number of fused-ring (bicyclic) bond motifs is 2. The van der Waals surface area contributed by atoms with Gasteiger partial charge >= 0.3 is 0 Å². The van der Waals surface area contributed by atoms with Crippen molar-refractivity contribution in [3.05, 3.63) is 75.1 Å². The summed E-state index contributed by atoms with van der Waals surface area (Å²) in [6.07, 6.45) is 5.09. The lowest BCUT2D eigenvalue weighted by Gasteiger charge is -2.42. The molecule has 2 aliphatic rings. The molecule has 0 bridgehead atoms. The van der Waals surface area contributed by atoms with Crippen LogP contribution in [0.3, 0.4) is 0 Å². The average Bonchev–Trinajstić information content (AvgIpc) is 3.33. The molecule has 1 atom stereocenters. The van der Waals surface area contributed by atoms with Crippen LogP contribution in [0, 0.1) is 9.12 Å². The molecule has 1 fully saturated rings. The molecule has 0 radical (unpaired) electrons. The summed E-state index contributed by atoms with van der Waals surface area (Å²) >= 11 is 2.24. The Morgan fingerprint density at radius 2 is 1.88 bits per heavy atom. The van der Waals surface area contributed by atoms with Gasteiger partial charge in [-0.05, 0) is 76.1 Å². The van der Waals surface area contributed by atoms with Crippen molar-refractivity contribution in [2.75, 3.05) is 25.1 Å². The minimum absolute atomic E-state index is 0.118. The molecule has 1 aliphatic carbocycles. The van der Waals surface area contributed by atoms with Crippen molar-refractivity contribution in [2.24, 2.45) is 11.1 Å². The number of halogens is 1. The van der Waals surface area contributed by atoms with Crippen LogP contribution in [-0.4, -0.2) is 39.9 Å². The Bertz CT molecular complexity index is 1340. The van der Waals surface area contributed by atoms with Crippen molar-refractivity contribution in [1.82, 2.24) is 19.7 Å². The summed E-state index contributed by atoms with van der Waals surface area (Å²) < 4.78 is 8.09. The summed E-state index contributed by atoms with van der Waals surface area (Å²) in [6, 6.07) is 16.8. The molecule has 0 saturated carbocycles. The summed E-state index contributed by atoms with van der Waals surface area (Å²) in [4.78, 5) is 12.1. The number of hydrogen-bond donors (Lipinski definition) is 1. The van der Waals surface area contributed by atoms with Crippen LogP contribution in [0.2, 0.25) is 0 Å². The van der Waals surface area contributed by atoms with E-state index in [1.54, 1.807) is 7.11 Å². The quantitative estimate of drug-likeness (QED) is 0.371. The van der Waals surface area contributed by atoms with Gasteiger partial charge in [0.2, 0.25) is 0 Å². The number of anilines is 1. The van der Waals surface area contributed by atoms with Gasteiger partial charge < -0.3 is 15.4 Å². The van der Waals surface area contributed by atoms with Gasteiger partial charge in [-0.25, -0.2) is 14.6 Å². The average molecular weight is 566 g/mol. The predicted molar refractivity (Wildman–Crippen MR) is 141 cm³/mol. The van der Waals surface area contributed by atoms with Crippen LogP contribution in [-0.2, 0) is 13.0 Å². The van der Waals surface area contributed by atoms with E-state index in [4.69, 9.17) is 25.5 Å². The van der Waals surface area contributed by atoms with Crippen LogP contribution >= 0.6 is 22.6 Å². The largest absolute Gasteiger partial charge is 0.497 e. The Labute approximate surface area is 212 Å². The van der Waals surface area contributed by atoms with Gasteiger partial charge in [0, 0.05) is 19.1 Å². The molecule has 3 heterocycles.